The van der Waals surface area contributed by atoms with Crippen molar-refractivity contribution in [2.24, 2.45) is 0 Å². The number of hydrogen-bond donors (Lipinski definition) is 1. The minimum atomic E-state index is -4.65. The summed E-state index contributed by atoms with van der Waals surface area (Å²) in [5, 5.41) is 10.1. The van der Waals surface area contributed by atoms with E-state index in [1.807, 2.05) is 33.3 Å². The molecular formula is C44H76NO9P. The number of quaternary nitrogens is 1. The van der Waals surface area contributed by atoms with Gasteiger partial charge in [-0.05, 0) is 64.2 Å². The van der Waals surface area contributed by atoms with Gasteiger partial charge in [0.25, 0.3) is 7.82 Å². The number of ether oxygens (including phenoxy) is 2. The fourth-order valence-corrected chi connectivity index (χ4v) is 5.81. The van der Waals surface area contributed by atoms with E-state index in [0.29, 0.717) is 30.3 Å². The normalized spacial score (nSPS) is 15.0. The third-order valence-corrected chi connectivity index (χ3v) is 9.29. The van der Waals surface area contributed by atoms with Gasteiger partial charge in [-0.15, -0.1) is 0 Å². The first-order valence-electron chi connectivity index (χ1n) is 20.8. The van der Waals surface area contributed by atoms with Crippen molar-refractivity contribution in [2.75, 3.05) is 47.5 Å². The van der Waals surface area contributed by atoms with Crippen molar-refractivity contribution in [3.63, 3.8) is 0 Å². The highest BCUT2D eigenvalue weighted by Crippen LogP contribution is 2.38. The largest absolute Gasteiger partial charge is 0.756 e. The van der Waals surface area contributed by atoms with Crippen molar-refractivity contribution in [3.05, 3.63) is 72.9 Å². The van der Waals surface area contributed by atoms with Crippen molar-refractivity contribution < 1.29 is 47.2 Å². The Morgan fingerprint density at radius 3 is 1.85 bits per heavy atom. The number of esters is 2. The van der Waals surface area contributed by atoms with Gasteiger partial charge in [-0.2, -0.15) is 0 Å². The van der Waals surface area contributed by atoms with Gasteiger partial charge in [0.2, 0.25) is 0 Å². The molecule has 0 heterocycles. The molecule has 55 heavy (non-hydrogen) atoms. The molecule has 0 amide bonds. The van der Waals surface area contributed by atoms with Gasteiger partial charge in [0.1, 0.15) is 19.8 Å². The van der Waals surface area contributed by atoms with E-state index < -0.39 is 38.6 Å². The van der Waals surface area contributed by atoms with Gasteiger partial charge in [0.05, 0.1) is 33.9 Å². The summed E-state index contributed by atoms with van der Waals surface area (Å²) >= 11 is 0. The molecule has 0 saturated carbocycles. The smallest absolute Gasteiger partial charge is 0.306 e. The van der Waals surface area contributed by atoms with Crippen LogP contribution in [0.4, 0.5) is 0 Å². The molecule has 0 saturated heterocycles. The number of nitrogens with zero attached hydrogens (tertiary/aromatic N) is 1. The van der Waals surface area contributed by atoms with Crippen LogP contribution in [0.5, 0.6) is 0 Å². The molecule has 1 N–H and O–H groups in total. The van der Waals surface area contributed by atoms with E-state index in [1.165, 1.54) is 0 Å². The van der Waals surface area contributed by atoms with Crippen LogP contribution in [-0.2, 0) is 32.7 Å². The second-order valence-corrected chi connectivity index (χ2v) is 16.2. The summed E-state index contributed by atoms with van der Waals surface area (Å²) in [6.07, 6.45) is 39.5. The molecule has 316 valence electrons. The standard InChI is InChI=1S/C44H76NO9P/c1-6-8-10-12-14-15-16-17-18-19-20-21-23-27-32-36-44(48)54-42(40-53-55(49,50)52-38-37-45(3,4)5)39-51-43(47)35-31-28-24-26-30-34-41(46)33-29-25-22-13-11-9-7-2/h8-11,14-15,17-18,22,25,29,33,41-42,46H,6-7,12-13,16,19-21,23-24,26-28,30-32,34-40H2,1-5H3/b10-8-,11-9+,15-14-,18-17-,25-22+,33-29+/t41?,42-/m1/s1. The van der Waals surface area contributed by atoms with Gasteiger partial charge in [0, 0.05) is 12.8 Å². The van der Waals surface area contributed by atoms with Crippen LogP contribution in [-0.4, -0.2) is 81.2 Å². The number of hydrogen-bond acceptors (Lipinski definition) is 9. The lowest BCUT2D eigenvalue weighted by atomic mass is 10.1. The van der Waals surface area contributed by atoms with Gasteiger partial charge in [-0.25, -0.2) is 0 Å². The predicted octanol–water partition coefficient (Wildman–Crippen LogP) is 9.80. The van der Waals surface area contributed by atoms with Crippen molar-refractivity contribution in [3.8, 4) is 0 Å². The highest BCUT2D eigenvalue weighted by atomic mass is 31.2. The number of phosphoric acid groups is 1. The van der Waals surface area contributed by atoms with E-state index in [-0.39, 0.29) is 26.1 Å². The zero-order valence-corrected chi connectivity index (χ0v) is 35.8. The highest BCUT2D eigenvalue weighted by molar-refractivity contribution is 7.45. The van der Waals surface area contributed by atoms with Crippen molar-refractivity contribution in [1.82, 2.24) is 0 Å². The molecule has 0 spiro atoms. The topological polar surface area (TPSA) is 131 Å². The number of likely N-dealkylation sites (N-methyl/N-ethyl adjacent to an activating group) is 1. The molecular weight excluding hydrogens is 717 g/mol. The van der Waals surface area contributed by atoms with Gasteiger partial charge < -0.3 is 33.0 Å². The maximum Gasteiger partial charge on any atom is 0.306 e. The first-order valence-corrected chi connectivity index (χ1v) is 22.2. The quantitative estimate of drug-likeness (QED) is 0.0165. The number of carbonyl (C=O) groups is 2. The molecule has 2 unspecified atom stereocenters. The molecule has 3 atom stereocenters. The molecule has 10 nitrogen and oxygen atoms in total. The highest BCUT2D eigenvalue weighted by Gasteiger charge is 2.21. The Labute approximate surface area is 334 Å². The average Bonchev–Trinajstić information content (AvgIpc) is 3.12. The summed E-state index contributed by atoms with van der Waals surface area (Å²) in [6, 6.07) is 0. The van der Waals surface area contributed by atoms with Crippen LogP contribution in [0, 0.1) is 0 Å². The summed E-state index contributed by atoms with van der Waals surface area (Å²) in [5.41, 5.74) is 0. The molecule has 0 aliphatic rings. The van der Waals surface area contributed by atoms with Crippen LogP contribution < -0.4 is 4.89 Å². The number of aliphatic hydroxyl groups excluding tert-OH is 1. The lowest BCUT2D eigenvalue weighted by Crippen LogP contribution is -2.37. The van der Waals surface area contributed by atoms with Crippen LogP contribution in [0.15, 0.2) is 72.9 Å². The van der Waals surface area contributed by atoms with Gasteiger partial charge in [-0.1, -0.05) is 132 Å². The molecule has 0 radical (unpaired) electrons. The Bertz CT molecular complexity index is 1190. The molecule has 11 heteroatoms. The third-order valence-electron chi connectivity index (χ3n) is 8.33. The lowest BCUT2D eigenvalue weighted by molar-refractivity contribution is -0.870. The van der Waals surface area contributed by atoms with Gasteiger partial charge in [0.15, 0.2) is 6.10 Å². The minimum absolute atomic E-state index is 0.0544. The van der Waals surface area contributed by atoms with Crippen molar-refractivity contribution >= 4 is 19.8 Å². The number of allylic oxidation sites excluding steroid dienone is 11. The van der Waals surface area contributed by atoms with E-state index in [9.17, 15) is 24.2 Å². The Morgan fingerprint density at radius 1 is 0.673 bits per heavy atom. The summed E-state index contributed by atoms with van der Waals surface area (Å²) in [5.74, 6) is -0.940. The molecule has 0 aromatic heterocycles. The molecule has 0 aromatic carbocycles. The zero-order chi connectivity index (χ0) is 40.9. The van der Waals surface area contributed by atoms with E-state index in [1.54, 1.807) is 6.08 Å². The van der Waals surface area contributed by atoms with Crippen LogP contribution in [0.25, 0.3) is 0 Å². The summed E-state index contributed by atoms with van der Waals surface area (Å²) < 4.78 is 33.7. The number of carbonyl (C=O) groups excluding carboxylic acids is 2. The SMILES string of the molecule is CC/C=C\C/C=C\C/C=C\CCCCCCCC(=O)O[C@H](COC(=O)CCCCCCCC(O)/C=C/C=C/C/C=C/CC)COP(=O)([O-])OCC[N+](C)(C)C. The molecule has 0 aliphatic heterocycles. The molecule has 0 fully saturated rings. The number of rotatable bonds is 36. The van der Waals surface area contributed by atoms with Gasteiger partial charge in [-0.3, -0.25) is 14.2 Å². The fourth-order valence-electron chi connectivity index (χ4n) is 5.09. The predicted molar refractivity (Wildman–Crippen MR) is 223 cm³/mol. The van der Waals surface area contributed by atoms with E-state index in [2.05, 4.69) is 68.5 Å². The Kier molecular flexibility index (Phi) is 34.1. The van der Waals surface area contributed by atoms with E-state index in [0.717, 1.165) is 89.9 Å². The Morgan fingerprint density at radius 2 is 1.22 bits per heavy atom. The maximum absolute atomic E-state index is 12.6. The zero-order valence-electron chi connectivity index (χ0n) is 35.0. The first kappa shape index (κ1) is 52.4. The third kappa shape index (κ3) is 39.4. The van der Waals surface area contributed by atoms with Gasteiger partial charge >= 0.3 is 11.9 Å². The average molecular weight is 794 g/mol. The second-order valence-electron chi connectivity index (χ2n) is 14.8. The minimum Gasteiger partial charge on any atom is -0.756 e. The lowest BCUT2D eigenvalue weighted by Gasteiger charge is -2.28. The van der Waals surface area contributed by atoms with Crippen molar-refractivity contribution in [2.45, 2.75) is 148 Å². The summed E-state index contributed by atoms with van der Waals surface area (Å²) in [4.78, 5) is 37.5. The Hall–Kier alpha value is -2.59. The van der Waals surface area contributed by atoms with Crippen molar-refractivity contribution in [1.29, 1.82) is 0 Å². The summed E-state index contributed by atoms with van der Waals surface area (Å²) in [7, 11) is 1.08. The summed E-state index contributed by atoms with van der Waals surface area (Å²) in [6.45, 7) is 3.82. The second kappa shape index (κ2) is 35.8. The number of unbranched alkanes of at least 4 members (excludes halogenated alkanes) is 9. The van der Waals surface area contributed by atoms with E-state index in [4.69, 9.17) is 18.5 Å². The van der Waals surface area contributed by atoms with Crippen LogP contribution in [0.3, 0.4) is 0 Å². The van der Waals surface area contributed by atoms with E-state index >= 15 is 0 Å². The maximum atomic E-state index is 12.6. The van der Waals surface area contributed by atoms with Crippen LogP contribution in [0.1, 0.15) is 136 Å². The molecule has 0 bridgehead atoms. The van der Waals surface area contributed by atoms with Crippen LogP contribution >= 0.6 is 7.82 Å². The Balaban J connectivity index is 4.52. The molecule has 0 aromatic rings. The monoisotopic (exact) mass is 794 g/mol. The number of aliphatic hydroxyl groups is 1. The fraction of sp³-hybridized carbons (Fsp3) is 0.682. The van der Waals surface area contributed by atoms with Crippen LogP contribution in [0.2, 0.25) is 0 Å². The first-order chi connectivity index (χ1) is 26.4. The molecule has 0 rings (SSSR count). The molecule has 0 aliphatic carbocycles. The number of phosphoric ester groups is 1.